The first-order chi connectivity index (χ1) is 11.7. The maximum Gasteiger partial charge on any atom is 0.220 e. The molecule has 0 atom stereocenters. The van der Waals surface area contributed by atoms with Crippen LogP contribution < -0.4 is 4.57 Å². The standard InChI is InChI=1S/C23H24N/c1-15-7-12-19-17-8-10-18(11-9-17)22(19)21(15)23-20-6-4-3-5-16(20)13-14-24(23)2/h3-7,12-14,17-18H,8-11H2,1-2H3/q+1. The minimum absolute atomic E-state index is 0.763. The second-order valence-electron chi connectivity index (χ2n) is 7.67. The van der Waals surface area contributed by atoms with Crippen molar-refractivity contribution in [2.45, 2.75) is 44.4 Å². The molecule has 0 unspecified atom stereocenters. The van der Waals surface area contributed by atoms with E-state index in [0.29, 0.717) is 0 Å². The number of hydrogen-bond acceptors (Lipinski definition) is 0. The monoisotopic (exact) mass is 314 g/mol. The maximum absolute atomic E-state index is 2.43. The molecular weight excluding hydrogens is 290 g/mol. The molecule has 3 aliphatic carbocycles. The minimum atomic E-state index is 0.763. The lowest BCUT2D eigenvalue weighted by molar-refractivity contribution is -0.659. The molecule has 0 radical (unpaired) electrons. The minimum Gasteiger partial charge on any atom is -0.200 e. The molecule has 1 fully saturated rings. The number of benzene rings is 2. The van der Waals surface area contributed by atoms with E-state index in [-0.39, 0.29) is 0 Å². The lowest BCUT2D eigenvalue weighted by Crippen LogP contribution is -2.32. The normalized spacial score (nSPS) is 21.9. The van der Waals surface area contributed by atoms with Crippen LogP contribution in [0.4, 0.5) is 0 Å². The Bertz CT molecular complexity index is 946. The van der Waals surface area contributed by atoms with Gasteiger partial charge in [-0.1, -0.05) is 30.3 Å². The van der Waals surface area contributed by atoms with Gasteiger partial charge in [0.1, 0.15) is 7.05 Å². The molecule has 0 saturated heterocycles. The molecule has 3 aliphatic rings. The maximum atomic E-state index is 2.43. The molecule has 24 heavy (non-hydrogen) atoms. The Labute approximate surface area is 144 Å². The Kier molecular flexibility index (Phi) is 3.06. The van der Waals surface area contributed by atoms with Crippen molar-refractivity contribution in [1.82, 2.24) is 0 Å². The molecule has 120 valence electrons. The number of hydrogen-bond donors (Lipinski definition) is 0. The average Bonchev–Trinajstić information content (AvgIpc) is 2.63. The van der Waals surface area contributed by atoms with E-state index < -0.39 is 0 Å². The highest BCUT2D eigenvalue weighted by atomic mass is 14.9. The molecule has 3 aromatic rings. The van der Waals surface area contributed by atoms with E-state index in [0.717, 1.165) is 11.8 Å². The summed E-state index contributed by atoms with van der Waals surface area (Å²) < 4.78 is 2.33. The van der Waals surface area contributed by atoms with Gasteiger partial charge in [0.05, 0.1) is 10.9 Å². The average molecular weight is 314 g/mol. The lowest BCUT2D eigenvalue weighted by Gasteiger charge is -2.39. The molecule has 2 aromatic carbocycles. The van der Waals surface area contributed by atoms with Crippen LogP contribution in [0.5, 0.6) is 0 Å². The Balaban J connectivity index is 1.89. The van der Waals surface area contributed by atoms with Crippen LogP contribution in [-0.4, -0.2) is 0 Å². The number of pyridine rings is 1. The molecule has 1 nitrogen and oxygen atoms in total. The third-order valence-electron chi connectivity index (χ3n) is 6.35. The third kappa shape index (κ3) is 1.90. The van der Waals surface area contributed by atoms with Gasteiger partial charge in [0, 0.05) is 6.07 Å². The van der Waals surface area contributed by atoms with E-state index in [4.69, 9.17) is 0 Å². The second-order valence-corrected chi connectivity index (χ2v) is 7.67. The molecule has 1 heterocycles. The fourth-order valence-electron chi connectivity index (χ4n) is 5.17. The zero-order valence-electron chi connectivity index (χ0n) is 14.5. The first-order valence-electron chi connectivity index (χ1n) is 9.25. The lowest BCUT2D eigenvalue weighted by atomic mass is 9.65. The molecule has 0 aliphatic heterocycles. The van der Waals surface area contributed by atoms with Gasteiger partial charge in [-0.15, -0.1) is 0 Å². The highest BCUT2D eigenvalue weighted by Crippen LogP contribution is 2.53. The summed E-state index contributed by atoms with van der Waals surface area (Å²) in [6.07, 6.45) is 7.76. The second kappa shape index (κ2) is 5.17. The Morgan fingerprint density at radius 1 is 0.875 bits per heavy atom. The molecule has 1 heteroatoms. The molecule has 1 saturated carbocycles. The van der Waals surface area contributed by atoms with E-state index in [1.807, 2.05) is 0 Å². The fourth-order valence-corrected chi connectivity index (χ4v) is 5.17. The molecule has 2 bridgehead atoms. The van der Waals surface area contributed by atoms with Crippen LogP contribution in [0.25, 0.3) is 22.0 Å². The van der Waals surface area contributed by atoms with Crippen LogP contribution in [0, 0.1) is 6.92 Å². The van der Waals surface area contributed by atoms with Gasteiger partial charge < -0.3 is 0 Å². The van der Waals surface area contributed by atoms with Crippen molar-refractivity contribution >= 4 is 10.8 Å². The Hall–Kier alpha value is -2.15. The summed E-state index contributed by atoms with van der Waals surface area (Å²) >= 11 is 0. The molecule has 6 rings (SSSR count). The van der Waals surface area contributed by atoms with Crippen LogP contribution in [0.15, 0.2) is 48.7 Å². The van der Waals surface area contributed by atoms with E-state index in [9.17, 15) is 0 Å². The SMILES string of the molecule is Cc1ccc2c(c1-c1c3ccccc3cc[n+]1C)C1CCC2CC1. The number of rotatable bonds is 1. The zero-order chi connectivity index (χ0) is 16.3. The van der Waals surface area contributed by atoms with Gasteiger partial charge in [-0.25, -0.2) is 4.57 Å². The van der Waals surface area contributed by atoms with Crippen LogP contribution >= 0.6 is 0 Å². The van der Waals surface area contributed by atoms with Crippen LogP contribution in [0.3, 0.4) is 0 Å². The summed E-state index contributed by atoms with van der Waals surface area (Å²) in [5, 5.41) is 2.71. The van der Waals surface area contributed by atoms with Crippen molar-refractivity contribution in [2.24, 2.45) is 7.05 Å². The van der Waals surface area contributed by atoms with Crippen molar-refractivity contribution in [3.05, 3.63) is 65.4 Å². The first-order valence-corrected chi connectivity index (χ1v) is 9.25. The van der Waals surface area contributed by atoms with Crippen molar-refractivity contribution < 1.29 is 4.57 Å². The predicted octanol–water partition coefficient (Wildman–Crippen LogP) is 5.39. The van der Waals surface area contributed by atoms with Crippen LogP contribution in [0.2, 0.25) is 0 Å². The quantitative estimate of drug-likeness (QED) is 0.530. The van der Waals surface area contributed by atoms with E-state index in [1.165, 1.54) is 53.3 Å². The predicted molar refractivity (Wildman–Crippen MR) is 99.2 cm³/mol. The molecular formula is C23H24N+. The highest BCUT2D eigenvalue weighted by molar-refractivity contribution is 5.94. The Morgan fingerprint density at radius 3 is 2.46 bits per heavy atom. The highest BCUT2D eigenvalue weighted by Gasteiger charge is 2.37. The summed E-state index contributed by atoms with van der Waals surface area (Å²) in [5.74, 6) is 1.56. The Morgan fingerprint density at radius 2 is 1.62 bits per heavy atom. The summed E-state index contributed by atoms with van der Waals surface area (Å²) in [5.41, 5.74) is 7.65. The number of aryl methyl sites for hydroxylation is 2. The summed E-state index contributed by atoms with van der Waals surface area (Å²) in [6, 6.07) is 15.8. The largest absolute Gasteiger partial charge is 0.220 e. The van der Waals surface area contributed by atoms with Gasteiger partial charge in [0.2, 0.25) is 5.69 Å². The number of fused-ring (bicyclic) bond motifs is 3. The van der Waals surface area contributed by atoms with Gasteiger partial charge in [0.25, 0.3) is 0 Å². The first kappa shape index (κ1) is 14.2. The smallest absolute Gasteiger partial charge is 0.200 e. The van der Waals surface area contributed by atoms with Gasteiger partial charge in [-0.2, -0.15) is 0 Å². The van der Waals surface area contributed by atoms with Gasteiger partial charge in [-0.05, 0) is 72.6 Å². The van der Waals surface area contributed by atoms with Crippen LogP contribution in [0.1, 0.15) is 54.2 Å². The van der Waals surface area contributed by atoms with Crippen molar-refractivity contribution in [3.8, 4) is 11.3 Å². The molecule has 0 amide bonds. The van der Waals surface area contributed by atoms with E-state index in [2.05, 4.69) is 67.2 Å². The van der Waals surface area contributed by atoms with Gasteiger partial charge >= 0.3 is 0 Å². The van der Waals surface area contributed by atoms with E-state index >= 15 is 0 Å². The van der Waals surface area contributed by atoms with Crippen molar-refractivity contribution in [1.29, 1.82) is 0 Å². The molecule has 1 aromatic heterocycles. The number of nitrogens with zero attached hydrogens (tertiary/aromatic N) is 1. The summed E-state index contributed by atoms with van der Waals surface area (Å²) in [6.45, 7) is 2.29. The number of aromatic nitrogens is 1. The van der Waals surface area contributed by atoms with E-state index in [1.54, 1.807) is 11.1 Å². The topological polar surface area (TPSA) is 3.88 Å². The van der Waals surface area contributed by atoms with Crippen LogP contribution in [-0.2, 0) is 7.05 Å². The third-order valence-corrected chi connectivity index (χ3v) is 6.35. The molecule has 0 spiro atoms. The van der Waals surface area contributed by atoms with Gasteiger partial charge in [0.15, 0.2) is 6.20 Å². The molecule has 0 N–H and O–H groups in total. The van der Waals surface area contributed by atoms with Crippen molar-refractivity contribution in [2.75, 3.05) is 0 Å². The zero-order valence-corrected chi connectivity index (χ0v) is 14.5. The van der Waals surface area contributed by atoms with Gasteiger partial charge in [-0.3, -0.25) is 0 Å². The fraction of sp³-hybridized carbons (Fsp3) is 0.348. The summed E-state index contributed by atoms with van der Waals surface area (Å²) in [4.78, 5) is 0. The summed E-state index contributed by atoms with van der Waals surface area (Å²) in [7, 11) is 2.20. The van der Waals surface area contributed by atoms with Crippen molar-refractivity contribution in [3.63, 3.8) is 0 Å².